The highest BCUT2D eigenvalue weighted by Crippen LogP contribution is 2.31. The molecule has 33 heavy (non-hydrogen) atoms. The van der Waals surface area contributed by atoms with E-state index >= 15 is 0 Å². The summed E-state index contributed by atoms with van der Waals surface area (Å²) < 4.78 is 6.97. The highest BCUT2D eigenvalue weighted by molar-refractivity contribution is 5.94. The number of ether oxygens (including phenoxy) is 1. The molecule has 1 amide bonds. The number of nitrogens with zero attached hydrogens (tertiary/aromatic N) is 4. The lowest BCUT2D eigenvalue weighted by atomic mass is 10.0. The highest BCUT2D eigenvalue weighted by atomic mass is 16.5. The summed E-state index contributed by atoms with van der Waals surface area (Å²) in [6, 6.07) is 15.5. The van der Waals surface area contributed by atoms with E-state index in [9.17, 15) is 14.7 Å². The SMILES string of the molecule is COc1ccc(-n2nc(C(=O)O)c3c2CN(c2ccc(N4CCCCC4=O)cc2)CC3)cc1. The number of amides is 1. The van der Waals surface area contributed by atoms with E-state index in [4.69, 9.17) is 4.74 Å². The van der Waals surface area contributed by atoms with Gasteiger partial charge in [-0.1, -0.05) is 0 Å². The molecule has 0 atom stereocenters. The zero-order chi connectivity index (χ0) is 22.9. The van der Waals surface area contributed by atoms with Crippen molar-refractivity contribution in [3.63, 3.8) is 0 Å². The van der Waals surface area contributed by atoms with E-state index in [-0.39, 0.29) is 11.6 Å². The van der Waals surface area contributed by atoms with Gasteiger partial charge in [-0.2, -0.15) is 5.10 Å². The summed E-state index contributed by atoms with van der Waals surface area (Å²) >= 11 is 0. The topological polar surface area (TPSA) is 87.9 Å². The van der Waals surface area contributed by atoms with Crippen LogP contribution in [0.5, 0.6) is 5.75 Å². The Morgan fingerprint density at radius 1 is 0.939 bits per heavy atom. The molecule has 0 radical (unpaired) electrons. The van der Waals surface area contributed by atoms with Crippen LogP contribution in [0.15, 0.2) is 48.5 Å². The summed E-state index contributed by atoms with van der Waals surface area (Å²) in [4.78, 5) is 28.2. The quantitative estimate of drug-likeness (QED) is 0.644. The predicted molar refractivity (Wildman–Crippen MR) is 124 cm³/mol. The molecular formula is C25H26N4O4. The maximum absolute atomic E-state index is 12.2. The van der Waals surface area contributed by atoms with Crippen molar-refractivity contribution in [2.45, 2.75) is 32.2 Å². The number of carboxylic acids is 1. The van der Waals surface area contributed by atoms with Gasteiger partial charge in [-0.3, -0.25) is 4.79 Å². The maximum Gasteiger partial charge on any atom is 0.356 e. The number of benzene rings is 2. The minimum Gasteiger partial charge on any atom is -0.497 e. The van der Waals surface area contributed by atoms with Crippen LogP contribution in [0.4, 0.5) is 11.4 Å². The normalized spacial score (nSPS) is 16.0. The van der Waals surface area contributed by atoms with Crippen LogP contribution in [0.25, 0.3) is 5.69 Å². The van der Waals surface area contributed by atoms with E-state index in [0.717, 1.165) is 53.5 Å². The van der Waals surface area contributed by atoms with E-state index < -0.39 is 5.97 Å². The lowest BCUT2D eigenvalue weighted by molar-refractivity contribution is -0.119. The molecule has 0 bridgehead atoms. The van der Waals surface area contributed by atoms with E-state index in [1.165, 1.54) is 0 Å². The second-order valence-electron chi connectivity index (χ2n) is 8.38. The van der Waals surface area contributed by atoms with E-state index in [1.54, 1.807) is 11.8 Å². The third-order valence-corrected chi connectivity index (χ3v) is 6.43. The molecule has 8 heteroatoms. The highest BCUT2D eigenvalue weighted by Gasteiger charge is 2.29. The molecule has 2 aliphatic heterocycles. The van der Waals surface area contributed by atoms with E-state index in [0.29, 0.717) is 25.9 Å². The summed E-state index contributed by atoms with van der Waals surface area (Å²) in [5.74, 6) is -0.101. The molecule has 0 saturated carbocycles. The Hall–Kier alpha value is -3.81. The molecule has 1 N–H and O–H groups in total. The summed E-state index contributed by atoms with van der Waals surface area (Å²) in [6.45, 7) is 2.01. The molecule has 1 saturated heterocycles. The fourth-order valence-corrected chi connectivity index (χ4v) is 4.67. The first-order valence-corrected chi connectivity index (χ1v) is 11.2. The molecule has 8 nitrogen and oxygen atoms in total. The molecule has 0 spiro atoms. The van der Waals surface area contributed by atoms with Gasteiger partial charge in [-0.05, 0) is 67.8 Å². The third kappa shape index (κ3) is 3.92. The van der Waals surface area contributed by atoms with Gasteiger partial charge in [0.1, 0.15) is 5.75 Å². The Morgan fingerprint density at radius 2 is 1.64 bits per heavy atom. The number of piperidine rings is 1. The molecule has 0 unspecified atom stereocenters. The number of carboxylic acid groups (broad SMARTS) is 1. The van der Waals surface area contributed by atoms with Gasteiger partial charge < -0.3 is 19.6 Å². The third-order valence-electron chi connectivity index (χ3n) is 6.43. The Labute approximate surface area is 192 Å². The first kappa shape index (κ1) is 21.1. The molecule has 3 aromatic rings. The minimum atomic E-state index is -1.01. The second kappa shape index (κ2) is 8.61. The number of anilines is 2. The summed E-state index contributed by atoms with van der Waals surface area (Å²) in [7, 11) is 1.61. The van der Waals surface area contributed by atoms with Gasteiger partial charge in [-0.15, -0.1) is 0 Å². The van der Waals surface area contributed by atoms with Crippen molar-refractivity contribution in [2.75, 3.05) is 30.0 Å². The van der Waals surface area contributed by atoms with Crippen molar-refractivity contribution in [1.29, 1.82) is 0 Å². The van der Waals surface area contributed by atoms with Crippen molar-refractivity contribution < 1.29 is 19.4 Å². The van der Waals surface area contributed by atoms with Crippen LogP contribution < -0.4 is 14.5 Å². The molecule has 3 heterocycles. The van der Waals surface area contributed by atoms with Crippen LogP contribution in [0.2, 0.25) is 0 Å². The van der Waals surface area contributed by atoms with Crippen molar-refractivity contribution in [1.82, 2.24) is 9.78 Å². The average Bonchev–Trinajstić information content (AvgIpc) is 3.24. The summed E-state index contributed by atoms with van der Waals surface area (Å²) in [5.41, 5.74) is 4.52. The van der Waals surface area contributed by atoms with Crippen LogP contribution >= 0.6 is 0 Å². The van der Waals surface area contributed by atoms with Crippen LogP contribution in [0.1, 0.15) is 41.0 Å². The monoisotopic (exact) mass is 446 g/mol. The number of methoxy groups -OCH3 is 1. The number of hydrogen-bond donors (Lipinski definition) is 1. The first-order valence-electron chi connectivity index (χ1n) is 11.2. The standard InChI is InChI=1S/C25H26N4O4/c1-33-20-11-9-19(10-12-20)29-22-16-27(15-13-21(22)24(26-29)25(31)32)17-5-7-18(8-6-17)28-14-3-2-4-23(28)30/h5-12H,2-4,13-16H2,1H3,(H,31,32). The summed E-state index contributed by atoms with van der Waals surface area (Å²) in [5, 5.41) is 14.1. The van der Waals surface area contributed by atoms with Gasteiger partial charge in [0.2, 0.25) is 5.91 Å². The van der Waals surface area contributed by atoms with Crippen molar-refractivity contribution in [2.24, 2.45) is 0 Å². The van der Waals surface area contributed by atoms with E-state index in [2.05, 4.69) is 10.00 Å². The Bertz CT molecular complexity index is 1180. The largest absolute Gasteiger partial charge is 0.497 e. The Morgan fingerprint density at radius 3 is 2.30 bits per heavy atom. The molecule has 2 aliphatic rings. The van der Waals surface area contributed by atoms with E-state index in [1.807, 2.05) is 53.4 Å². The number of aromatic carboxylic acids is 1. The predicted octanol–water partition coefficient (Wildman–Crippen LogP) is 3.66. The van der Waals surface area contributed by atoms with Crippen molar-refractivity contribution in [3.8, 4) is 11.4 Å². The van der Waals surface area contributed by atoms with Crippen molar-refractivity contribution >= 4 is 23.3 Å². The van der Waals surface area contributed by atoms with Crippen molar-refractivity contribution in [3.05, 3.63) is 65.5 Å². The van der Waals surface area contributed by atoms with Crippen LogP contribution in [0.3, 0.4) is 0 Å². The number of carbonyl (C=O) groups excluding carboxylic acids is 1. The molecule has 1 aromatic heterocycles. The fraction of sp³-hybridized carbons (Fsp3) is 0.320. The Balaban J connectivity index is 1.44. The number of fused-ring (bicyclic) bond motifs is 1. The van der Waals surface area contributed by atoms with Gasteiger partial charge in [0, 0.05) is 36.4 Å². The molecule has 0 aliphatic carbocycles. The van der Waals surface area contributed by atoms with Gasteiger partial charge in [0.25, 0.3) is 0 Å². The van der Waals surface area contributed by atoms with Gasteiger partial charge >= 0.3 is 5.97 Å². The van der Waals surface area contributed by atoms with Crippen LogP contribution in [0, 0.1) is 0 Å². The molecule has 1 fully saturated rings. The number of aromatic nitrogens is 2. The zero-order valence-corrected chi connectivity index (χ0v) is 18.5. The van der Waals surface area contributed by atoms with Crippen LogP contribution in [-0.2, 0) is 17.8 Å². The zero-order valence-electron chi connectivity index (χ0n) is 18.5. The smallest absolute Gasteiger partial charge is 0.356 e. The summed E-state index contributed by atoms with van der Waals surface area (Å²) in [6.07, 6.45) is 3.20. The molecule has 2 aromatic carbocycles. The van der Waals surface area contributed by atoms with Gasteiger partial charge in [-0.25, -0.2) is 9.48 Å². The second-order valence-corrected chi connectivity index (χ2v) is 8.38. The average molecular weight is 447 g/mol. The van der Waals surface area contributed by atoms with Gasteiger partial charge in [0.05, 0.1) is 25.0 Å². The van der Waals surface area contributed by atoms with Gasteiger partial charge in [0.15, 0.2) is 5.69 Å². The molecule has 5 rings (SSSR count). The first-order chi connectivity index (χ1) is 16.0. The van der Waals surface area contributed by atoms with Crippen LogP contribution in [-0.4, -0.2) is 47.0 Å². The number of hydrogen-bond acceptors (Lipinski definition) is 5. The lowest BCUT2D eigenvalue weighted by Crippen LogP contribution is -2.35. The molecular weight excluding hydrogens is 420 g/mol. The fourth-order valence-electron chi connectivity index (χ4n) is 4.67. The lowest BCUT2D eigenvalue weighted by Gasteiger charge is -2.31. The number of carbonyl (C=O) groups is 2. The molecule has 170 valence electrons. The minimum absolute atomic E-state index is 0.111. The number of rotatable bonds is 5. The Kier molecular flexibility index (Phi) is 5.50. The maximum atomic E-state index is 12.2.